The fourth-order valence-electron chi connectivity index (χ4n) is 8.03. The summed E-state index contributed by atoms with van der Waals surface area (Å²) in [7, 11) is -4.55. The number of amides is 1. The number of ether oxygens (including phenoxy) is 3. The van der Waals surface area contributed by atoms with Gasteiger partial charge in [0.15, 0.2) is 5.82 Å². The van der Waals surface area contributed by atoms with Crippen LogP contribution in [0.5, 0.6) is 17.4 Å². The topological polar surface area (TPSA) is 139 Å². The van der Waals surface area contributed by atoms with Gasteiger partial charge in [-0.1, -0.05) is 49.2 Å². The van der Waals surface area contributed by atoms with Crippen molar-refractivity contribution in [1.82, 2.24) is 24.8 Å². The monoisotopic (exact) mass is 842 g/mol. The number of sulfonamides is 1. The first kappa shape index (κ1) is 40.7. The van der Waals surface area contributed by atoms with Gasteiger partial charge >= 0.3 is 0 Å². The fraction of sp³-hybridized carbons (Fsp3) is 0.386. The molecular formula is C44H48ClFN6O6S. The maximum atomic E-state index is 15.1. The van der Waals surface area contributed by atoms with Gasteiger partial charge in [0.1, 0.15) is 16.4 Å². The van der Waals surface area contributed by atoms with Gasteiger partial charge in [-0.15, -0.1) is 0 Å². The van der Waals surface area contributed by atoms with E-state index in [1.54, 1.807) is 36.5 Å². The van der Waals surface area contributed by atoms with E-state index in [4.69, 9.17) is 25.8 Å². The molecular weight excluding hydrogens is 795 g/mol. The molecule has 1 amide bonds. The zero-order valence-corrected chi connectivity index (χ0v) is 34.8. The van der Waals surface area contributed by atoms with Crippen LogP contribution < -0.4 is 19.1 Å². The molecule has 59 heavy (non-hydrogen) atoms. The maximum absolute atomic E-state index is 15.1. The zero-order chi connectivity index (χ0) is 41.1. The molecule has 0 bridgehead atoms. The van der Waals surface area contributed by atoms with Crippen molar-refractivity contribution in [3.63, 3.8) is 0 Å². The van der Waals surface area contributed by atoms with E-state index in [0.717, 1.165) is 93.3 Å². The van der Waals surface area contributed by atoms with E-state index in [-0.39, 0.29) is 35.1 Å². The Bertz CT molecular complexity index is 2460. The first-order valence-corrected chi connectivity index (χ1v) is 21.9. The molecule has 8 rings (SSSR count). The van der Waals surface area contributed by atoms with Crippen LogP contribution in [-0.2, 0) is 14.8 Å². The van der Waals surface area contributed by atoms with E-state index in [0.29, 0.717) is 24.3 Å². The zero-order valence-electron chi connectivity index (χ0n) is 33.2. The number of anilines is 1. The van der Waals surface area contributed by atoms with Crippen molar-refractivity contribution in [2.45, 2.75) is 50.8 Å². The first-order chi connectivity index (χ1) is 28.4. The molecule has 3 aromatic carbocycles. The minimum Gasteiger partial charge on any atom is -0.475 e. The lowest BCUT2D eigenvalue weighted by molar-refractivity contribution is 0.0483. The Balaban J connectivity index is 0.993. The van der Waals surface area contributed by atoms with Crippen molar-refractivity contribution >= 4 is 49.7 Å². The molecule has 4 heterocycles. The first-order valence-electron chi connectivity index (χ1n) is 20.0. The number of pyridine rings is 1. The number of nitrogens with one attached hydrogen (secondary N) is 2. The van der Waals surface area contributed by atoms with Crippen molar-refractivity contribution in [3.05, 3.63) is 107 Å². The molecule has 3 aliphatic rings. The van der Waals surface area contributed by atoms with Crippen LogP contribution in [-0.4, -0.2) is 87.0 Å². The highest BCUT2D eigenvalue weighted by molar-refractivity contribution is 7.90. The van der Waals surface area contributed by atoms with Crippen LogP contribution in [0.25, 0.3) is 16.5 Å². The molecule has 0 radical (unpaired) electrons. The number of aromatic amines is 1. The molecule has 2 fully saturated rings. The Labute approximate surface area is 348 Å². The molecule has 2 aromatic heterocycles. The van der Waals surface area contributed by atoms with E-state index >= 15 is 4.39 Å². The van der Waals surface area contributed by atoms with Crippen molar-refractivity contribution in [2.24, 2.45) is 11.3 Å². The third-order valence-electron chi connectivity index (χ3n) is 11.5. The SMILES string of the molecule is CC1(C)CCC(CN2CCN(c3ccc(C(=O)NS(=O)(=O)c4cnc(OCC5CCOCC5)c(F)c4)c(Oc4cccc5[nH]ncc45)c3)CC2)=C(c2ccc(Cl)cc2)C1. The summed E-state index contributed by atoms with van der Waals surface area (Å²) < 4.78 is 61.4. The van der Waals surface area contributed by atoms with Crippen LogP contribution >= 0.6 is 11.6 Å². The molecule has 12 nitrogen and oxygen atoms in total. The second-order valence-corrected chi connectivity index (χ2v) is 18.4. The largest absolute Gasteiger partial charge is 0.475 e. The quantitative estimate of drug-likeness (QED) is 0.126. The smallest absolute Gasteiger partial charge is 0.268 e. The number of halogens is 2. The average molecular weight is 843 g/mol. The number of aromatic nitrogens is 3. The number of carbonyl (C=O) groups excluding carboxylic acids is 1. The summed E-state index contributed by atoms with van der Waals surface area (Å²) in [6.07, 6.45) is 7.38. The molecule has 310 valence electrons. The van der Waals surface area contributed by atoms with E-state index in [9.17, 15) is 13.2 Å². The summed E-state index contributed by atoms with van der Waals surface area (Å²) in [5, 5.41) is 8.46. The van der Waals surface area contributed by atoms with Gasteiger partial charge in [-0.2, -0.15) is 5.10 Å². The van der Waals surface area contributed by atoms with Gasteiger partial charge in [-0.3, -0.25) is 14.8 Å². The fourth-order valence-corrected chi connectivity index (χ4v) is 9.08. The van der Waals surface area contributed by atoms with Crippen molar-refractivity contribution < 1.29 is 31.8 Å². The Morgan fingerprint density at radius 2 is 1.80 bits per heavy atom. The van der Waals surface area contributed by atoms with Gasteiger partial charge in [0.25, 0.3) is 15.9 Å². The standard InChI is InChI=1S/C44H48ClFN6O6S/c1-44(2)15-12-31(36(24-44)30-6-8-32(45)9-7-30)27-51-16-18-52(19-17-51)33-10-11-35(41(22-33)58-40-5-3-4-39-37(40)26-48-49-39)42(53)50-59(54,55)34-23-38(46)43(47-25-34)57-28-29-13-20-56-21-14-29/h3-11,22-23,25-26,29H,12-21,24,27-28H2,1-2H3,(H,48,49)(H,50,53). The highest BCUT2D eigenvalue weighted by atomic mass is 35.5. The number of rotatable bonds is 12. The minimum atomic E-state index is -4.55. The third-order valence-corrected chi connectivity index (χ3v) is 13.1. The highest BCUT2D eigenvalue weighted by Crippen LogP contribution is 2.43. The van der Waals surface area contributed by atoms with Gasteiger partial charge in [0.05, 0.1) is 35.5 Å². The highest BCUT2D eigenvalue weighted by Gasteiger charge is 2.30. The molecule has 2 aliphatic heterocycles. The summed E-state index contributed by atoms with van der Waals surface area (Å²) in [6, 6.07) is 19.5. The van der Waals surface area contributed by atoms with Crippen LogP contribution in [0.3, 0.4) is 0 Å². The molecule has 5 aromatic rings. The lowest BCUT2D eigenvalue weighted by atomic mass is 9.72. The second kappa shape index (κ2) is 17.3. The Morgan fingerprint density at radius 1 is 1.02 bits per heavy atom. The molecule has 0 spiro atoms. The van der Waals surface area contributed by atoms with Gasteiger partial charge < -0.3 is 19.1 Å². The molecule has 0 atom stereocenters. The van der Waals surface area contributed by atoms with E-state index in [2.05, 4.69) is 55.7 Å². The summed E-state index contributed by atoms with van der Waals surface area (Å²) in [4.78, 5) is 22.0. The van der Waals surface area contributed by atoms with Gasteiger partial charge in [-0.05, 0) is 91.0 Å². The van der Waals surface area contributed by atoms with Crippen molar-refractivity contribution in [3.8, 4) is 17.4 Å². The summed E-state index contributed by atoms with van der Waals surface area (Å²) in [5.41, 5.74) is 5.88. The van der Waals surface area contributed by atoms with Gasteiger partial charge in [0, 0.05) is 68.8 Å². The molecule has 0 unspecified atom stereocenters. The van der Waals surface area contributed by atoms with Crippen LogP contribution in [0, 0.1) is 17.2 Å². The van der Waals surface area contributed by atoms with Crippen LogP contribution in [0.4, 0.5) is 10.1 Å². The third kappa shape index (κ3) is 9.57. The van der Waals surface area contributed by atoms with Crippen LogP contribution in [0.15, 0.2) is 89.6 Å². The number of hydrogen-bond donors (Lipinski definition) is 2. The molecule has 0 saturated carbocycles. The normalized spacial score (nSPS) is 17.9. The lowest BCUT2D eigenvalue weighted by Gasteiger charge is -2.39. The van der Waals surface area contributed by atoms with Crippen LogP contribution in [0.2, 0.25) is 5.02 Å². The molecule has 1 aliphatic carbocycles. The summed E-state index contributed by atoms with van der Waals surface area (Å²) in [5.74, 6) is -1.44. The number of hydrogen-bond acceptors (Lipinski definition) is 10. The van der Waals surface area contributed by atoms with Gasteiger partial charge in [-0.25, -0.2) is 22.5 Å². The summed E-state index contributed by atoms with van der Waals surface area (Å²) >= 11 is 6.24. The Hall–Kier alpha value is -5.02. The van der Waals surface area contributed by atoms with E-state index in [1.807, 2.05) is 18.2 Å². The van der Waals surface area contributed by atoms with E-state index < -0.39 is 26.6 Å². The number of allylic oxidation sites excluding steroid dienone is 1. The van der Waals surface area contributed by atoms with Crippen molar-refractivity contribution in [1.29, 1.82) is 0 Å². The molecule has 2 N–H and O–H groups in total. The second-order valence-electron chi connectivity index (χ2n) is 16.3. The van der Waals surface area contributed by atoms with Gasteiger partial charge in [0.2, 0.25) is 5.88 Å². The number of fused-ring (bicyclic) bond motifs is 1. The van der Waals surface area contributed by atoms with Crippen LogP contribution in [0.1, 0.15) is 61.9 Å². The number of carbonyl (C=O) groups is 1. The predicted molar refractivity (Wildman–Crippen MR) is 225 cm³/mol. The lowest BCUT2D eigenvalue weighted by Crippen LogP contribution is -2.47. The number of benzene rings is 3. The number of H-pyrrole nitrogens is 1. The van der Waals surface area contributed by atoms with E-state index in [1.165, 1.54) is 16.7 Å². The summed E-state index contributed by atoms with van der Waals surface area (Å²) in [6.45, 7) is 10.1. The average Bonchev–Trinajstić information content (AvgIpc) is 3.72. The predicted octanol–water partition coefficient (Wildman–Crippen LogP) is 8.25. The molecule has 2 saturated heterocycles. The number of piperazine rings is 1. The molecule has 15 heteroatoms. The Morgan fingerprint density at radius 3 is 2.56 bits per heavy atom. The minimum absolute atomic E-state index is 0.0248. The maximum Gasteiger partial charge on any atom is 0.268 e. The van der Waals surface area contributed by atoms with Crippen molar-refractivity contribution in [2.75, 3.05) is 57.4 Å². The number of nitrogens with zero attached hydrogens (tertiary/aromatic N) is 4. The Kier molecular flexibility index (Phi) is 11.9.